The summed E-state index contributed by atoms with van der Waals surface area (Å²) in [4.78, 5) is 2.13. The van der Waals surface area contributed by atoms with E-state index < -0.39 is 11.7 Å². The van der Waals surface area contributed by atoms with Gasteiger partial charge in [-0.2, -0.15) is 17.6 Å². The predicted molar refractivity (Wildman–Crippen MR) is 106 cm³/mol. The molecule has 0 unspecified atom stereocenters. The number of aryl methyl sites for hydroxylation is 1. The molecule has 0 atom stereocenters. The van der Waals surface area contributed by atoms with Crippen LogP contribution in [-0.2, 0) is 6.18 Å². The van der Waals surface area contributed by atoms with Crippen LogP contribution in [0.3, 0.4) is 0 Å². The summed E-state index contributed by atoms with van der Waals surface area (Å²) in [5.41, 5.74) is 1.79. The van der Waals surface area contributed by atoms with Gasteiger partial charge in [-0.1, -0.05) is 12.1 Å². The molecule has 4 rings (SSSR count). The van der Waals surface area contributed by atoms with E-state index in [0.29, 0.717) is 17.1 Å². The van der Waals surface area contributed by atoms with Crippen molar-refractivity contribution in [2.75, 3.05) is 12.3 Å². The molecular formula is C21H17F3N2OS. The van der Waals surface area contributed by atoms with Crippen molar-refractivity contribution in [2.45, 2.75) is 13.1 Å². The summed E-state index contributed by atoms with van der Waals surface area (Å²) < 4.78 is 48.7. The number of halogens is 3. The zero-order valence-electron chi connectivity index (χ0n) is 15.0. The van der Waals surface area contributed by atoms with E-state index in [1.54, 1.807) is 18.9 Å². The molecule has 0 radical (unpaired) electrons. The van der Waals surface area contributed by atoms with Gasteiger partial charge in [-0.25, -0.2) is 0 Å². The fourth-order valence-electron chi connectivity index (χ4n) is 3.07. The summed E-state index contributed by atoms with van der Waals surface area (Å²) >= 11 is 1.56. The maximum Gasteiger partial charge on any atom is 0.416 e. The number of ether oxygens (including phenoxy) is 1. The van der Waals surface area contributed by atoms with Gasteiger partial charge in [-0.05, 0) is 72.5 Å². The highest BCUT2D eigenvalue weighted by Crippen LogP contribution is 2.34. The van der Waals surface area contributed by atoms with Crippen LogP contribution < -0.4 is 4.74 Å². The Morgan fingerprint density at radius 3 is 2.61 bits per heavy atom. The van der Waals surface area contributed by atoms with Gasteiger partial charge in [0.1, 0.15) is 17.3 Å². The zero-order chi connectivity index (χ0) is 19.7. The molecule has 144 valence electrons. The fraction of sp³-hybridized carbons (Fsp3) is 0.190. The van der Waals surface area contributed by atoms with Gasteiger partial charge in [-0.15, -0.1) is 0 Å². The second-order valence-electron chi connectivity index (χ2n) is 6.47. The van der Waals surface area contributed by atoms with E-state index in [4.69, 9.17) is 4.74 Å². The lowest BCUT2D eigenvalue weighted by atomic mass is 10.0. The van der Waals surface area contributed by atoms with Crippen molar-refractivity contribution in [1.29, 1.82) is 0 Å². The molecule has 0 bridgehead atoms. The summed E-state index contributed by atoms with van der Waals surface area (Å²) in [6.07, 6.45) is 1.69. The van der Waals surface area contributed by atoms with E-state index in [1.165, 1.54) is 6.07 Å². The largest absolute Gasteiger partial charge is 0.457 e. The number of fused-ring (bicyclic) bond motifs is 1. The molecule has 3 nitrogen and oxygen atoms in total. The van der Waals surface area contributed by atoms with E-state index in [1.807, 2.05) is 42.6 Å². The molecule has 2 aliphatic rings. The van der Waals surface area contributed by atoms with Gasteiger partial charge < -0.3 is 9.64 Å². The lowest BCUT2D eigenvalue weighted by molar-refractivity contribution is -0.137. The van der Waals surface area contributed by atoms with Crippen LogP contribution in [0.25, 0.3) is 5.57 Å². The van der Waals surface area contributed by atoms with Gasteiger partial charge in [-0.3, -0.25) is 0 Å². The number of rotatable bonds is 3. The van der Waals surface area contributed by atoms with Crippen LogP contribution in [0.5, 0.6) is 11.5 Å². The fourth-order valence-corrected chi connectivity index (χ4v) is 3.76. The molecule has 0 fully saturated rings. The van der Waals surface area contributed by atoms with Gasteiger partial charge in [0, 0.05) is 24.1 Å². The molecule has 0 saturated carbocycles. The normalized spacial score (nSPS) is 16.4. The monoisotopic (exact) mass is 402 g/mol. The van der Waals surface area contributed by atoms with Crippen LogP contribution in [0, 0.1) is 6.92 Å². The van der Waals surface area contributed by atoms with E-state index in [-0.39, 0.29) is 0 Å². The minimum atomic E-state index is -4.36. The van der Waals surface area contributed by atoms with Crippen LogP contribution in [0.15, 0.2) is 65.2 Å². The Hall–Kier alpha value is -2.67. The smallest absolute Gasteiger partial charge is 0.416 e. The lowest BCUT2D eigenvalue weighted by Crippen LogP contribution is -2.32. The minimum Gasteiger partial charge on any atom is -0.457 e. The Morgan fingerprint density at radius 2 is 1.89 bits per heavy atom. The summed E-state index contributed by atoms with van der Waals surface area (Å²) in [5, 5.41) is 0. The zero-order valence-corrected chi connectivity index (χ0v) is 15.8. The quantitative estimate of drug-likeness (QED) is 0.582. The maximum atomic E-state index is 12.8. The number of hydrogen-bond acceptors (Lipinski definition) is 4. The van der Waals surface area contributed by atoms with Crippen molar-refractivity contribution >= 4 is 23.4 Å². The predicted octanol–water partition coefficient (Wildman–Crippen LogP) is 6.08. The molecule has 0 aliphatic carbocycles. The summed E-state index contributed by atoms with van der Waals surface area (Å²) in [5.74, 6) is 2.86. The van der Waals surface area contributed by atoms with Crippen molar-refractivity contribution in [3.63, 3.8) is 0 Å². The molecule has 0 aromatic heterocycles. The second-order valence-corrected chi connectivity index (χ2v) is 7.32. The molecule has 0 saturated heterocycles. The topological polar surface area (TPSA) is 24.8 Å². The Bertz CT molecular complexity index is 978. The van der Waals surface area contributed by atoms with Crippen LogP contribution in [-0.4, -0.2) is 23.0 Å². The van der Waals surface area contributed by atoms with Crippen LogP contribution >= 0.6 is 11.9 Å². The highest BCUT2D eigenvalue weighted by atomic mass is 32.2. The molecule has 28 heavy (non-hydrogen) atoms. The third kappa shape index (κ3) is 3.80. The lowest BCUT2D eigenvalue weighted by Gasteiger charge is -2.29. The van der Waals surface area contributed by atoms with E-state index in [2.05, 4.69) is 9.30 Å². The average Bonchev–Trinajstić information content (AvgIpc) is 2.69. The third-order valence-corrected chi connectivity index (χ3v) is 5.18. The molecule has 2 aromatic carbocycles. The number of benzene rings is 2. The maximum absolute atomic E-state index is 12.8. The first kappa shape index (κ1) is 18.7. The first-order chi connectivity index (χ1) is 13.4. The van der Waals surface area contributed by atoms with Crippen LogP contribution in [0.1, 0.15) is 16.7 Å². The number of allylic oxidation sites excluding steroid dienone is 2. The summed E-state index contributed by atoms with van der Waals surface area (Å²) in [6.45, 7) is 2.53. The van der Waals surface area contributed by atoms with Crippen molar-refractivity contribution in [1.82, 2.24) is 4.90 Å². The molecular weight excluding hydrogens is 385 g/mol. The standard InChI is InChI=1S/C21H17F3N2OS/c1-14-13-16(21(22,23)24)6-9-19(14)27-17-7-4-15(5-8-17)18-3-2-10-26-11-12-28-25-20(18)26/h2-10,13H,11-12H2,1H3. The van der Waals surface area contributed by atoms with Gasteiger partial charge in [0.05, 0.1) is 5.56 Å². The number of hydrogen-bond donors (Lipinski definition) is 0. The highest BCUT2D eigenvalue weighted by molar-refractivity contribution is 7.98. The van der Waals surface area contributed by atoms with Crippen LogP contribution in [0.2, 0.25) is 0 Å². The molecule has 2 heterocycles. The molecule has 2 aromatic rings. The number of amidine groups is 1. The average molecular weight is 402 g/mol. The van der Waals surface area contributed by atoms with Gasteiger partial charge >= 0.3 is 6.18 Å². The van der Waals surface area contributed by atoms with E-state index >= 15 is 0 Å². The SMILES string of the molecule is Cc1cc(C(F)(F)F)ccc1Oc1ccc(C2=CC=CN3CCSN=C23)cc1. The molecule has 2 aliphatic heterocycles. The van der Waals surface area contributed by atoms with Crippen LogP contribution in [0.4, 0.5) is 13.2 Å². The van der Waals surface area contributed by atoms with Crippen molar-refractivity contribution in [3.05, 3.63) is 77.5 Å². The Morgan fingerprint density at radius 1 is 1.11 bits per heavy atom. The molecule has 0 spiro atoms. The molecule has 0 N–H and O–H groups in total. The van der Waals surface area contributed by atoms with Crippen molar-refractivity contribution in [2.24, 2.45) is 4.40 Å². The highest BCUT2D eigenvalue weighted by Gasteiger charge is 2.30. The Labute approximate surface area is 165 Å². The third-order valence-electron chi connectivity index (χ3n) is 4.51. The minimum absolute atomic E-state index is 0.403. The Kier molecular flexibility index (Phi) is 4.93. The number of nitrogens with zero attached hydrogens (tertiary/aromatic N) is 2. The van der Waals surface area contributed by atoms with Crippen molar-refractivity contribution < 1.29 is 17.9 Å². The summed E-state index contributed by atoms with van der Waals surface area (Å²) in [7, 11) is 0. The van der Waals surface area contributed by atoms with Crippen molar-refractivity contribution in [3.8, 4) is 11.5 Å². The summed E-state index contributed by atoms with van der Waals surface area (Å²) in [6, 6.07) is 11.0. The molecule has 7 heteroatoms. The number of alkyl halides is 3. The van der Waals surface area contributed by atoms with E-state index in [9.17, 15) is 13.2 Å². The Balaban J connectivity index is 1.54. The van der Waals surface area contributed by atoms with Gasteiger partial charge in [0.15, 0.2) is 0 Å². The first-order valence-electron chi connectivity index (χ1n) is 8.73. The van der Waals surface area contributed by atoms with E-state index in [0.717, 1.165) is 41.4 Å². The second kappa shape index (κ2) is 7.39. The molecule has 0 amide bonds. The van der Waals surface area contributed by atoms with Gasteiger partial charge in [0.2, 0.25) is 0 Å². The van der Waals surface area contributed by atoms with Gasteiger partial charge in [0.25, 0.3) is 0 Å². The first-order valence-corrected chi connectivity index (χ1v) is 9.68.